The molecular formula is C41H33BrN2O5. The van der Waals surface area contributed by atoms with Crippen LogP contribution in [0.2, 0.25) is 0 Å². The van der Waals surface area contributed by atoms with E-state index in [9.17, 15) is 14.4 Å². The third kappa shape index (κ3) is 6.04. The van der Waals surface area contributed by atoms with Crippen molar-refractivity contribution < 1.29 is 23.9 Å². The first-order valence-electron chi connectivity index (χ1n) is 16.0. The van der Waals surface area contributed by atoms with E-state index in [2.05, 4.69) is 21.2 Å². The Balaban J connectivity index is 1.28. The van der Waals surface area contributed by atoms with Crippen LogP contribution in [0.15, 0.2) is 163 Å². The van der Waals surface area contributed by atoms with Gasteiger partial charge >= 0.3 is 5.97 Å². The number of hydrogen-bond acceptors (Lipinski definition) is 6. The number of aldehydes is 1. The molecule has 8 heteroatoms. The third-order valence-corrected chi connectivity index (χ3v) is 9.83. The number of rotatable bonds is 11. The minimum atomic E-state index is -0.948. The van der Waals surface area contributed by atoms with Crippen LogP contribution in [0.4, 0.5) is 0 Å². The predicted molar refractivity (Wildman–Crippen MR) is 189 cm³/mol. The van der Waals surface area contributed by atoms with Crippen LogP contribution in [0.5, 0.6) is 0 Å². The standard InChI is InChI=1S/C41H33BrN2O5/c42-34(26-45)33-27-48-39-35(43-41(30-20-10-3-11-21-30,31-22-12-4-13-23-31)32-24-14-5-15-25-32)38(46)44(39)36(33)40(47)49-37(28-16-6-1-7-17-28)29-18-8-2-9-19-29/h1-26,34-35,37,39,43H,27H2. The molecule has 3 atom stereocenters. The van der Waals surface area contributed by atoms with E-state index >= 15 is 0 Å². The van der Waals surface area contributed by atoms with Crippen molar-refractivity contribution in [2.24, 2.45) is 0 Å². The van der Waals surface area contributed by atoms with Crippen molar-refractivity contribution in [1.29, 1.82) is 0 Å². The molecule has 2 heterocycles. The molecule has 5 aromatic carbocycles. The maximum absolute atomic E-state index is 14.4. The van der Waals surface area contributed by atoms with Crippen LogP contribution in [0.3, 0.4) is 0 Å². The Kier molecular flexibility index (Phi) is 9.35. The zero-order valence-corrected chi connectivity index (χ0v) is 28.0. The SMILES string of the molecule is O=CC(Br)C1=C(C(=O)OC(c2ccccc2)c2ccccc2)N2C(=O)C(NC(c3ccccc3)(c3ccccc3)c3ccccc3)C2OC1. The van der Waals surface area contributed by atoms with Crippen LogP contribution in [0.1, 0.15) is 33.9 Å². The summed E-state index contributed by atoms with van der Waals surface area (Å²) in [6.07, 6.45) is -0.918. The first-order valence-corrected chi connectivity index (χ1v) is 17.0. The van der Waals surface area contributed by atoms with Crippen molar-refractivity contribution in [1.82, 2.24) is 10.2 Å². The summed E-state index contributed by atoms with van der Waals surface area (Å²) in [6.45, 7) is -0.0535. The average molecular weight is 714 g/mol. The molecule has 2 aliphatic heterocycles. The van der Waals surface area contributed by atoms with Gasteiger partial charge in [-0.3, -0.25) is 15.0 Å². The van der Waals surface area contributed by atoms with Gasteiger partial charge in [0, 0.05) is 5.57 Å². The normalized spacial score (nSPS) is 18.0. The van der Waals surface area contributed by atoms with Gasteiger partial charge in [0.05, 0.1) is 17.0 Å². The van der Waals surface area contributed by atoms with Crippen molar-refractivity contribution in [2.45, 2.75) is 28.7 Å². The Bertz CT molecular complexity index is 1820. The number of hydrogen-bond donors (Lipinski definition) is 1. The fourth-order valence-corrected chi connectivity index (χ4v) is 7.07. The van der Waals surface area contributed by atoms with E-state index in [4.69, 9.17) is 9.47 Å². The number of ether oxygens (including phenoxy) is 2. The van der Waals surface area contributed by atoms with Gasteiger partial charge in [-0.15, -0.1) is 0 Å². The molecule has 7 rings (SSSR count). The summed E-state index contributed by atoms with van der Waals surface area (Å²) in [7, 11) is 0. The summed E-state index contributed by atoms with van der Waals surface area (Å²) >= 11 is 3.38. The molecule has 1 fully saturated rings. The summed E-state index contributed by atoms with van der Waals surface area (Å²) in [5, 5.41) is 3.70. The zero-order chi connectivity index (χ0) is 33.8. The van der Waals surface area contributed by atoms with E-state index < -0.39 is 34.7 Å². The predicted octanol–water partition coefficient (Wildman–Crippen LogP) is 6.68. The highest BCUT2D eigenvalue weighted by Gasteiger charge is 2.58. The minimum Gasteiger partial charge on any atom is -0.448 e. The number of nitrogens with one attached hydrogen (secondary N) is 1. The summed E-state index contributed by atoms with van der Waals surface area (Å²) in [4.78, 5) is 41.2. The minimum absolute atomic E-state index is 0.00914. The Hall–Kier alpha value is -5.15. The molecule has 49 heavy (non-hydrogen) atoms. The van der Waals surface area contributed by atoms with Crippen molar-refractivity contribution >= 4 is 34.1 Å². The van der Waals surface area contributed by atoms with Gasteiger partial charge < -0.3 is 14.3 Å². The summed E-state index contributed by atoms with van der Waals surface area (Å²) in [5.74, 6) is -1.09. The second-order valence-electron chi connectivity index (χ2n) is 11.9. The molecule has 0 aromatic heterocycles. The number of benzene rings is 5. The van der Waals surface area contributed by atoms with Crippen LogP contribution >= 0.6 is 15.9 Å². The van der Waals surface area contributed by atoms with E-state index in [1.807, 2.05) is 152 Å². The Morgan fingerprint density at radius 3 is 1.61 bits per heavy atom. The maximum Gasteiger partial charge on any atom is 0.356 e. The van der Waals surface area contributed by atoms with Crippen molar-refractivity contribution in [2.75, 3.05) is 6.61 Å². The van der Waals surface area contributed by atoms with Crippen LogP contribution in [0.25, 0.3) is 0 Å². The number of amides is 1. The molecule has 1 saturated heterocycles. The largest absolute Gasteiger partial charge is 0.448 e. The second kappa shape index (κ2) is 14.1. The Morgan fingerprint density at radius 2 is 1.18 bits per heavy atom. The molecule has 0 aliphatic carbocycles. The van der Waals surface area contributed by atoms with Gasteiger partial charge in [-0.05, 0) is 27.8 Å². The van der Waals surface area contributed by atoms with Crippen LogP contribution in [0, 0.1) is 0 Å². The van der Waals surface area contributed by atoms with Crippen LogP contribution in [-0.2, 0) is 29.4 Å². The Labute approximate surface area is 293 Å². The molecule has 0 saturated carbocycles. The topological polar surface area (TPSA) is 84.9 Å². The van der Waals surface area contributed by atoms with Crippen molar-refractivity contribution in [3.63, 3.8) is 0 Å². The fraction of sp³-hybridized carbons (Fsp3) is 0.146. The van der Waals surface area contributed by atoms with Crippen molar-refractivity contribution in [3.05, 3.63) is 191 Å². The van der Waals surface area contributed by atoms with E-state index in [0.717, 1.165) is 27.8 Å². The maximum atomic E-state index is 14.4. The monoisotopic (exact) mass is 712 g/mol. The number of carbonyl (C=O) groups is 3. The lowest BCUT2D eigenvalue weighted by molar-refractivity contribution is -0.187. The number of fused-ring (bicyclic) bond motifs is 1. The fourth-order valence-electron chi connectivity index (χ4n) is 6.72. The highest BCUT2D eigenvalue weighted by Crippen LogP contribution is 2.42. The van der Waals surface area contributed by atoms with Gasteiger partial charge in [0.2, 0.25) is 0 Å². The van der Waals surface area contributed by atoms with E-state index in [1.165, 1.54) is 4.90 Å². The number of carbonyl (C=O) groups excluding carboxylic acids is 3. The molecule has 1 N–H and O–H groups in total. The molecular weight excluding hydrogens is 680 g/mol. The van der Waals surface area contributed by atoms with Crippen molar-refractivity contribution in [3.8, 4) is 0 Å². The number of halogens is 1. The van der Waals surface area contributed by atoms with Gasteiger partial charge in [-0.25, -0.2) is 4.79 Å². The highest BCUT2D eigenvalue weighted by molar-refractivity contribution is 9.10. The molecule has 3 unspecified atom stereocenters. The molecule has 1 amide bonds. The average Bonchev–Trinajstić information content (AvgIpc) is 3.18. The highest BCUT2D eigenvalue weighted by atomic mass is 79.9. The van der Waals surface area contributed by atoms with Gasteiger partial charge in [-0.2, -0.15) is 0 Å². The number of β-lactam (4-membered cyclic amide) rings is 1. The third-order valence-electron chi connectivity index (χ3n) is 9.07. The molecule has 244 valence electrons. The lowest BCUT2D eigenvalue weighted by atomic mass is 9.75. The summed E-state index contributed by atoms with van der Waals surface area (Å²) < 4.78 is 12.5. The molecule has 5 aromatic rings. The van der Waals surface area contributed by atoms with E-state index in [1.54, 1.807) is 0 Å². The molecule has 0 spiro atoms. The lowest BCUT2D eigenvalue weighted by Gasteiger charge is -2.53. The summed E-state index contributed by atoms with van der Waals surface area (Å²) in [6, 6.07) is 47.9. The smallest absolute Gasteiger partial charge is 0.356 e. The van der Waals surface area contributed by atoms with Gasteiger partial charge in [0.1, 0.15) is 18.0 Å². The van der Waals surface area contributed by atoms with E-state index in [0.29, 0.717) is 11.9 Å². The van der Waals surface area contributed by atoms with Gasteiger partial charge in [0.15, 0.2) is 12.3 Å². The molecule has 0 radical (unpaired) electrons. The quantitative estimate of drug-likeness (QED) is 0.0541. The molecule has 7 nitrogen and oxygen atoms in total. The second-order valence-corrected chi connectivity index (χ2v) is 12.9. The number of esters is 1. The number of nitrogens with zero attached hydrogens (tertiary/aromatic N) is 1. The van der Waals surface area contributed by atoms with Crippen LogP contribution < -0.4 is 5.32 Å². The lowest BCUT2D eigenvalue weighted by Crippen LogP contribution is -2.75. The first kappa shape index (κ1) is 32.4. The number of alkyl halides is 1. The summed E-state index contributed by atoms with van der Waals surface area (Å²) in [5.41, 5.74) is 3.72. The van der Waals surface area contributed by atoms with Crippen LogP contribution in [-0.4, -0.2) is 46.8 Å². The molecule has 2 aliphatic rings. The van der Waals surface area contributed by atoms with E-state index in [-0.39, 0.29) is 18.2 Å². The molecule has 0 bridgehead atoms. The van der Waals surface area contributed by atoms with Gasteiger partial charge in [0.25, 0.3) is 5.91 Å². The van der Waals surface area contributed by atoms with Gasteiger partial charge in [-0.1, -0.05) is 168 Å². The zero-order valence-electron chi connectivity index (χ0n) is 26.4. The first-order chi connectivity index (χ1) is 24.0. The Morgan fingerprint density at radius 1 is 0.755 bits per heavy atom.